The van der Waals surface area contributed by atoms with E-state index in [1.807, 2.05) is 30.3 Å². The molecule has 0 saturated carbocycles. The van der Waals surface area contributed by atoms with Gasteiger partial charge in [0.25, 0.3) is 0 Å². The lowest BCUT2D eigenvalue weighted by molar-refractivity contribution is -0.482. The van der Waals surface area contributed by atoms with Gasteiger partial charge in [-0.1, -0.05) is 55.5 Å². The molecule has 2 aromatic rings. The van der Waals surface area contributed by atoms with Gasteiger partial charge in [0.1, 0.15) is 0 Å². The van der Waals surface area contributed by atoms with Crippen molar-refractivity contribution >= 4 is 5.69 Å². The molecule has 22 heavy (non-hydrogen) atoms. The highest BCUT2D eigenvalue weighted by atomic mass is 16.6. The molecule has 4 heteroatoms. The van der Waals surface area contributed by atoms with Crippen LogP contribution in [0.4, 0.5) is 5.69 Å². The highest BCUT2D eigenvalue weighted by molar-refractivity contribution is 5.58. The molecule has 0 aromatic heterocycles. The maximum atomic E-state index is 11.1. The number of nitro groups is 1. The number of para-hydroxylation sites is 1. The van der Waals surface area contributed by atoms with Crippen molar-refractivity contribution in [3.63, 3.8) is 0 Å². The quantitative estimate of drug-likeness (QED) is 0.636. The topological polar surface area (TPSA) is 46.4 Å². The van der Waals surface area contributed by atoms with Crippen molar-refractivity contribution in [2.45, 2.75) is 31.8 Å². The van der Waals surface area contributed by atoms with E-state index in [2.05, 4.69) is 36.1 Å². The fourth-order valence-electron chi connectivity index (χ4n) is 3.36. The largest absolute Gasteiger partial charge is 0.357 e. The second-order valence-electron chi connectivity index (χ2n) is 5.98. The van der Waals surface area contributed by atoms with Gasteiger partial charge in [0.15, 0.2) is 0 Å². The molecular weight excluding hydrogens is 276 g/mol. The summed E-state index contributed by atoms with van der Waals surface area (Å²) in [7, 11) is 0. The molecule has 2 unspecified atom stereocenters. The SMILES string of the molecule is CC1CC(C[N+](=O)[O-])N(Cc2ccccc2)c2ccccc21. The highest BCUT2D eigenvalue weighted by Crippen LogP contribution is 2.38. The molecule has 0 spiro atoms. The van der Waals surface area contributed by atoms with Gasteiger partial charge < -0.3 is 4.90 Å². The Bertz CT molecular complexity index is 657. The molecule has 0 amide bonds. The predicted molar refractivity (Wildman–Crippen MR) is 87.7 cm³/mol. The number of anilines is 1. The standard InChI is InChI=1S/C18H20N2O2/c1-14-11-16(13-20(21)22)19(12-15-7-3-2-4-8-15)18-10-6-5-9-17(14)18/h2-10,14,16H,11-13H2,1H3. The normalized spacial score (nSPS) is 20.5. The maximum absolute atomic E-state index is 11.1. The molecule has 3 rings (SSSR count). The zero-order chi connectivity index (χ0) is 15.5. The van der Waals surface area contributed by atoms with Crippen molar-refractivity contribution in [3.05, 3.63) is 75.8 Å². The maximum Gasteiger partial charge on any atom is 0.223 e. The molecule has 1 aliphatic heterocycles. The molecule has 2 aromatic carbocycles. The average molecular weight is 296 g/mol. The van der Waals surface area contributed by atoms with E-state index in [1.54, 1.807) is 0 Å². The van der Waals surface area contributed by atoms with Gasteiger partial charge in [-0.25, -0.2) is 0 Å². The summed E-state index contributed by atoms with van der Waals surface area (Å²) >= 11 is 0. The zero-order valence-electron chi connectivity index (χ0n) is 12.7. The molecule has 0 radical (unpaired) electrons. The fraction of sp³-hybridized carbons (Fsp3) is 0.333. The van der Waals surface area contributed by atoms with Crippen molar-refractivity contribution < 1.29 is 4.92 Å². The Morgan fingerprint density at radius 3 is 2.55 bits per heavy atom. The van der Waals surface area contributed by atoms with E-state index in [9.17, 15) is 10.1 Å². The van der Waals surface area contributed by atoms with Gasteiger partial charge in [0, 0.05) is 17.2 Å². The van der Waals surface area contributed by atoms with Crippen LogP contribution in [-0.2, 0) is 6.54 Å². The number of hydrogen-bond acceptors (Lipinski definition) is 3. The van der Waals surface area contributed by atoms with Gasteiger partial charge in [-0.2, -0.15) is 0 Å². The summed E-state index contributed by atoms with van der Waals surface area (Å²) in [5, 5.41) is 11.1. The summed E-state index contributed by atoms with van der Waals surface area (Å²) in [4.78, 5) is 13.1. The van der Waals surface area contributed by atoms with Gasteiger partial charge in [0.2, 0.25) is 6.54 Å². The summed E-state index contributed by atoms with van der Waals surface area (Å²) in [6, 6.07) is 18.4. The number of rotatable bonds is 4. The molecule has 4 nitrogen and oxygen atoms in total. The number of benzene rings is 2. The van der Waals surface area contributed by atoms with Crippen LogP contribution in [0.2, 0.25) is 0 Å². The van der Waals surface area contributed by atoms with E-state index < -0.39 is 0 Å². The lowest BCUT2D eigenvalue weighted by Crippen LogP contribution is -2.44. The van der Waals surface area contributed by atoms with Gasteiger partial charge in [-0.3, -0.25) is 10.1 Å². The van der Waals surface area contributed by atoms with Gasteiger partial charge in [0.05, 0.1) is 6.04 Å². The second-order valence-corrected chi connectivity index (χ2v) is 5.98. The van der Waals surface area contributed by atoms with Crippen LogP contribution in [0, 0.1) is 10.1 Å². The van der Waals surface area contributed by atoms with Crippen LogP contribution < -0.4 is 4.90 Å². The smallest absolute Gasteiger partial charge is 0.223 e. The summed E-state index contributed by atoms with van der Waals surface area (Å²) in [5.74, 6) is 0.355. The predicted octanol–water partition coefficient (Wildman–Crippen LogP) is 3.85. The summed E-state index contributed by atoms with van der Waals surface area (Å²) < 4.78 is 0. The number of nitrogens with zero attached hydrogens (tertiary/aromatic N) is 2. The Hall–Kier alpha value is -2.36. The van der Waals surface area contributed by atoms with Crippen LogP contribution in [-0.4, -0.2) is 17.5 Å². The van der Waals surface area contributed by atoms with E-state index in [0.717, 1.165) is 12.1 Å². The minimum absolute atomic E-state index is 0.00842. The summed E-state index contributed by atoms with van der Waals surface area (Å²) in [6.07, 6.45) is 0.824. The van der Waals surface area contributed by atoms with Crippen LogP contribution in [0.3, 0.4) is 0 Å². The molecule has 1 heterocycles. The third-order valence-electron chi connectivity index (χ3n) is 4.40. The average Bonchev–Trinajstić information content (AvgIpc) is 2.52. The first kappa shape index (κ1) is 14.6. The minimum atomic E-state index is -0.191. The molecule has 0 fully saturated rings. The molecule has 0 aliphatic carbocycles. The Balaban J connectivity index is 1.96. The van der Waals surface area contributed by atoms with Crippen LogP contribution in [0.1, 0.15) is 30.4 Å². The van der Waals surface area contributed by atoms with E-state index in [1.165, 1.54) is 11.1 Å². The first-order valence-corrected chi connectivity index (χ1v) is 7.66. The third kappa shape index (κ3) is 2.96. The second kappa shape index (κ2) is 6.18. The van der Waals surface area contributed by atoms with E-state index >= 15 is 0 Å². The van der Waals surface area contributed by atoms with E-state index in [4.69, 9.17) is 0 Å². The van der Waals surface area contributed by atoms with Gasteiger partial charge >= 0.3 is 0 Å². The van der Waals surface area contributed by atoms with Crippen LogP contribution in [0.25, 0.3) is 0 Å². The van der Waals surface area contributed by atoms with E-state index in [0.29, 0.717) is 12.5 Å². The third-order valence-corrected chi connectivity index (χ3v) is 4.40. The lowest BCUT2D eigenvalue weighted by Gasteiger charge is -2.39. The minimum Gasteiger partial charge on any atom is -0.357 e. The Morgan fingerprint density at radius 1 is 1.14 bits per heavy atom. The van der Waals surface area contributed by atoms with Crippen LogP contribution in [0.5, 0.6) is 0 Å². The van der Waals surface area contributed by atoms with Crippen LogP contribution in [0.15, 0.2) is 54.6 Å². The first-order chi connectivity index (χ1) is 10.6. The molecule has 0 bridgehead atoms. The molecule has 0 saturated heterocycles. The van der Waals surface area contributed by atoms with E-state index in [-0.39, 0.29) is 17.5 Å². The van der Waals surface area contributed by atoms with Crippen molar-refractivity contribution in [2.24, 2.45) is 0 Å². The lowest BCUT2D eigenvalue weighted by atomic mass is 9.86. The molecule has 114 valence electrons. The Morgan fingerprint density at radius 2 is 1.82 bits per heavy atom. The van der Waals surface area contributed by atoms with Gasteiger partial charge in [-0.05, 0) is 29.5 Å². The molecule has 1 aliphatic rings. The van der Waals surface area contributed by atoms with Crippen molar-refractivity contribution in [1.29, 1.82) is 0 Å². The summed E-state index contributed by atoms with van der Waals surface area (Å²) in [5.41, 5.74) is 3.61. The van der Waals surface area contributed by atoms with Crippen molar-refractivity contribution in [2.75, 3.05) is 11.4 Å². The van der Waals surface area contributed by atoms with Crippen LogP contribution >= 0.6 is 0 Å². The molecular formula is C18H20N2O2. The highest BCUT2D eigenvalue weighted by Gasteiger charge is 2.33. The monoisotopic (exact) mass is 296 g/mol. The van der Waals surface area contributed by atoms with Crippen molar-refractivity contribution in [1.82, 2.24) is 0 Å². The molecule has 0 N–H and O–H groups in total. The van der Waals surface area contributed by atoms with Crippen molar-refractivity contribution in [3.8, 4) is 0 Å². The first-order valence-electron chi connectivity index (χ1n) is 7.66. The zero-order valence-corrected chi connectivity index (χ0v) is 12.7. The number of hydrogen-bond donors (Lipinski definition) is 0. The van der Waals surface area contributed by atoms with Gasteiger partial charge in [-0.15, -0.1) is 0 Å². The molecule has 2 atom stereocenters. The fourth-order valence-corrected chi connectivity index (χ4v) is 3.36. The Kier molecular flexibility index (Phi) is 4.09. The Labute approximate surface area is 130 Å². The summed E-state index contributed by atoms with van der Waals surface area (Å²) in [6.45, 7) is 2.86. The number of fused-ring (bicyclic) bond motifs is 1.